The Bertz CT molecular complexity index is 528. The van der Waals surface area contributed by atoms with Gasteiger partial charge in [-0.25, -0.2) is 4.79 Å². The summed E-state index contributed by atoms with van der Waals surface area (Å²) in [6.45, 7) is 13.6. The number of hydrogen-bond acceptors (Lipinski definition) is 3. The Balaban J connectivity index is 2.28. The third-order valence-corrected chi connectivity index (χ3v) is 3.96. The van der Waals surface area contributed by atoms with Gasteiger partial charge in [-0.3, -0.25) is 0 Å². The number of amides is 1. The summed E-state index contributed by atoms with van der Waals surface area (Å²) < 4.78 is 5.51. The molecule has 4 heteroatoms. The summed E-state index contributed by atoms with van der Waals surface area (Å²) in [4.78, 5) is 13.6. The van der Waals surface area contributed by atoms with E-state index >= 15 is 0 Å². The van der Waals surface area contributed by atoms with E-state index < -0.39 is 12.2 Å². The van der Waals surface area contributed by atoms with Crippen LogP contribution in [-0.4, -0.2) is 35.3 Å². The van der Waals surface area contributed by atoms with Gasteiger partial charge in [0.15, 0.2) is 0 Å². The Labute approximate surface area is 133 Å². The van der Waals surface area contributed by atoms with Gasteiger partial charge in [-0.15, -0.1) is 0 Å². The molecule has 1 N–H and O–H groups in total. The normalized spacial score (nSPS) is 16.4. The fraction of sp³-hybridized carbons (Fsp3) is 0.611. The predicted octanol–water partition coefficient (Wildman–Crippen LogP) is 3.46. The molecular formula is C18H27NO3. The Kier molecular flexibility index (Phi) is 4.26. The summed E-state index contributed by atoms with van der Waals surface area (Å²) in [7, 11) is 0. The number of aliphatic hydroxyl groups excluding tert-OH is 1. The highest BCUT2D eigenvalue weighted by Gasteiger charge is 2.31. The maximum Gasteiger partial charge on any atom is 0.415 e. The van der Waals surface area contributed by atoms with Crippen LogP contribution in [0.1, 0.15) is 52.7 Å². The molecule has 1 aliphatic rings. The number of rotatable bonds is 1. The smallest absolute Gasteiger partial charge is 0.410 e. The number of nitrogens with zero attached hydrogens (tertiary/aromatic N) is 1. The zero-order valence-electron chi connectivity index (χ0n) is 14.4. The van der Waals surface area contributed by atoms with Crippen LogP contribution in [0.2, 0.25) is 0 Å². The lowest BCUT2D eigenvalue weighted by molar-refractivity contribution is 0.0126. The van der Waals surface area contributed by atoms with E-state index in [9.17, 15) is 9.90 Å². The molecule has 0 spiro atoms. The largest absolute Gasteiger partial charge is 0.415 e. The number of ether oxygens (including phenoxy) is 1. The standard InChI is InChI=1S/C18H27NO3/c1-17(2,3)12-7-13(18(4,5)6)9-15(8-12)22-16(21)19-10-14(20)11-19/h7-9,14,20H,10-11H2,1-6H3. The van der Waals surface area contributed by atoms with Gasteiger partial charge in [-0.05, 0) is 34.1 Å². The van der Waals surface area contributed by atoms with E-state index in [0.717, 1.165) is 11.1 Å². The Morgan fingerprint density at radius 3 is 1.86 bits per heavy atom. The van der Waals surface area contributed by atoms with E-state index in [4.69, 9.17) is 4.74 Å². The van der Waals surface area contributed by atoms with E-state index in [1.807, 2.05) is 12.1 Å². The first-order chi connectivity index (χ1) is 9.96. The molecule has 1 aromatic rings. The molecular weight excluding hydrogens is 278 g/mol. The molecule has 0 unspecified atom stereocenters. The van der Waals surface area contributed by atoms with Crippen LogP contribution < -0.4 is 4.74 Å². The van der Waals surface area contributed by atoms with Crippen LogP contribution in [0.3, 0.4) is 0 Å². The quantitative estimate of drug-likeness (QED) is 0.864. The van der Waals surface area contributed by atoms with E-state index in [1.165, 1.54) is 4.90 Å². The summed E-state index contributed by atoms with van der Waals surface area (Å²) in [5, 5.41) is 9.29. The maximum atomic E-state index is 12.1. The minimum Gasteiger partial charge on any atom is -0.410 e. The molecule has 0 saturated carbocycles. The van der Waals surface area contributed by atoms with Crippen LogP contribution in [0.25, 0.3) is 0 Å². The molecule has 0 aromatic heterocycles. The molecule has 122 valence electrons. The highest BCUT2D eigenvalue weighted by molar-refractivity contribution is 5.72. The molecule has 1 aliphatic heterocycles. The molecule has 1 fully saturated rings. The van der Waals surface area contributed by atoms with Crippen molar-refractivity contribution in [2.45, 2.75) is 58.5 Å². The first-order valence-electron chi connectivity index (χ1n) is 7.78. The van der Waals surface area contributed by atoms with E-state index in [1.54, 1.807) is 0 Å². The van der Waals surface area contributed by atoms with Crippen molar-refractivity contribution in [2.24, 2.45) is 0 Å². The number of likely N-dealkylation sites (tertiary alicyclic amines) is 1. The third kappa shape index (κ3) is 3.80. The summed E-state index contributed by atoms with van der Waals surface area (Å²) in [6.07, 6.45) is -0.810. The average Bonchev–Trinajstić information content (AvgIpc) is 2.32. The molecule has 0 aliphatic carbocycles. The van der Waals surface area contributed by atoms with Crippen LogP contribution in [-0.2, 0) is 10.8 Å². The van der Waals surface area contributed by atoms with Gasteiger partial charge >= 0.3 is 6.09 Å². The number of β-amino-alcohol motifs (C(OH)–C–C–N with tert-alkyl or cyclic N) is 1. The van der Waals surface area contributed by atoms with Crippen molar-refractivity contribution in [3.05, 3.63) is 29.3 Å². The minimum atomic E-state index is -0.418. The molecule has 1 heterocycles. The zero-order valence-corrected chi connectivity index (χ0v) is 14.4. The molecule has 0 bridgehead atoms. The second-order valence-electron chi connectivity index (χ2n) is 8.17. The van der Waals surface area contributed by atoms with Gasteiger partial charge in [0.25, 0.3) is 0 Å². The molecule has 4 nitrogen and oxygen atoms in total. The van der Waals surface area contributed by atoms with E-state index in [2.05, 4.69) is 47.6 Å². The monoisotopic (exact) mass is 305 g/mol. The topological polar surface area (TPSA) is 49.8 Å². The van der Waals surface area contributed by atoms with E-state index in [-0.39, 0.29) is 10.8 Å². The Morgan fingerprint density at radius 2 is 1.50 bits per heavy atom. The van der Waals surface area contributed by atoms with Crippen molar-refractivity contribution in [1.82, 2.24) is 4.90 Å². The van der Waals surface area contributed by atoms with Crippen molar-refractivity contribution in [3.63, 3.8) is 0 Å². The van der Waals surface area contributed by atoms with Crippen molar-refractivity contribution in [3.8, 4) is 5.75 Å². The Hall–Kier alpha value is -1.55. The summed E-state index contributed by atoms with van der Waals surface area (Å²) in [6, 6.07) is 6.05. The Morgan fingerprint density at radius 1 is 1.05 bits per heavy atom. The first kappa shape index (κ1) is 16.8. The lowest BCUT2D eigenvalue weighted by Crippen LogP contribution is -2.54. The fourth-order valence-corrected chi connectivity index (χ4v) is 2.29. The average molecular weight is 305 g/mol. The molecule has 0 atom stereocenters. The van der Waals surface area contributed by atoms with Gasteiger partial charge in [0.05, 0.1) is 19.2 Å². The molecule has 1 amide bonds. The van der Waals surface area contributed by atoms with Crippen LogP contribution in [0.4, 0.5) is 4.79 Å². The third-order valence-electron chi connectivity index (χ3n) is 3.96. The summed E-state index contributed by atoms with van der Waals surface area (Å²) in [5.41, 5.74) is 2.25. The number of benzene rings is 1. The molecule has 1 saturated heterocycles. The van der Waals surface area contributed by atoms with Crippen molar-refractivity contribution in [1.29, 1.82) is 0 Å². The van der Waals surface area contributed by atoms with Crippen LogP contribution in [0.5, 0.6) is 5.75 Å². The SMILES string of the molecule is CC(C)(C)c1cc(OC(=O)N2CC(O)C2)cc(C(C)(C)C)c1. The predicted molar refractivity (Wildman–Crippen MR) is 87.4 cm³/mol. The fourth-order valence-electron chi connectivity index (χ4n) is 2.29. The highest BCUT2D eigenvalue weighted by Crippen LogP contribution is 2.33. The molecule has 1 aromatic carbocycles. The van der Waals surface area contributed by atoms with Crippen molar-refractivity contribution >= 4 is 6.09 Å². The maximum absolute atomic E-state index is 12.1. The van der Waals surface area contributed by atoms with Gasteiger partial charge in [-0.1, -0.05) is 47.6 Å². The number of carbonyl (C=O) groups excluding carboxylic acids is 1. The lowest BCUT2D eigenvalue weighted by Gasteiger charge is -2.34. The second-order valence-corrected chi connectivity index (χ2v) is 8.17. The van der Waals surface area contributed by atoms with Gasteiger partial charge in [0, 0.05) is 0 Å². The number of carbonyl (C=O) groups is 1. The zero-order chi connectivity index (χ0) is 16.7. The van der Waals surface area contributed by atoms with Crippen LogP contribution in [0.15, 0.2) is 18.2 Å². The van der Waals surface area contributed by atoms with Gasteiger partial charge in [0.1, 0.15) is 5.75 Å². The number of hydrogen-bond donors (Lipinski definition) is 1. The first-order valence-corrected chi connectivity index (χ1v) is 7.78. The van der Waals surface area contributed by atoms with Gasteiger partial charge in [-0.2, -0.15) is 0 Å². The van der Waals surface area contributed by atoms with Crippen LogP contribution in [0, 0.1) is 0 Å². The van der Waals surface area contributed by atoms with E-state index in [0.29, 0.717) is 18.8 Å². The molecule has 0 radical (unpaired) electrons. The number of aliphatic hydroxyl groups is 1. The summed E-state index contributed by atoms with van der Waals surface area (Å²) >= 11 is 0. The van der Waals surface area contributed by atoms with Crippen molar-refractivity contribution in [2.75, 3.05) is 13.1 Å². The van der Waals surface area contributed by atoms with Gasteiger partial charge in [0.2, 0.25) is 0 Å². The molecule has 2 rings (SSSR count). The van der Waals surface area contributed by atoms with Crippen LogP contribution >= 0.6 is 0 Å². The summed E-state index contributed by atoms with van der Waals surface area (Å²) in [5.74, 6) is 0.573. The van der Waals surface area contributed by atoms with Crippen molar-refractivity contribution < 1.29 is 14.6 Å². The highest BCUT2D eigenvalue weighted by atomic mass is 16.6. The minimum absolute atomic E-state index is 0.0185. The van der Waals surface area contributed by atoms with Gasteiger partial charge < -0.3 is 14.7 Å². The molecule has 22 heavy (non-hydrogen) atoms. The lowest BCUT2D eigenvalue weighted by atomic mass is 9.80. The second kappa shape index (κ2) is 5.58.